The van der Waals surface area contributed by atoms with E-state index in [9.17, 15) is 8.78 Å². The second-order valence-electron chi connectivity index (χ2n) is 4.42. The van der Waals surface area contributed by atoms with Gasteiger partial charge in [0.25, 0.3) is 5.76 Å². The van der Waals surface area contributed by atoms with Crippen LogP contribution < -0.4 is 0 Å². The van der Waals surface area contributed by atoms with Crippen molar-refractivity contribution >= 4 is 22.7 Å². The molecule has 0 spiro atoms. The largest absolute Gasteiger partial charge is 0.361 e. The third kappa shape index (κ3) is 3.03. The number of alkyl halides is 2. The number of nitrogens with zero attached hydrogens (tertiary/aromatic N) is 1. The Morgan fingerprint density at radius 2 is 2.11 bits per heavy atom. The Labute approximate surface area is 109 Å². The molecule has 0 fully saturated rings. The quantitative estimate of drug-likeness (QED) is 0.837. The molecular weight excluding hydrogens is 254 g/mol. The van der Waals surface area contributed by atoms with Crippen LogP contribution in [-0.4, -0.2) is 36.3 Å². The fourth-order valence-electron chi connectivity index (χ4n) is 1.96. The molecule has 0 radical (unpaired) electrons. The first-order valence-electron chi connectivity index (χ1n) is 5.76. The summed E-state index contributed by atoms with van der Waals surface area (Å²) in [6.07, 6.45) is 2.78. The maximum Gasteiger partial charge on any atom is 0.288 e. The molecule has 98 valence electrons. The van der Waals surface area contributed by atoms with Crippen molar-refractivity contribution in [2.75, 3.05) is 20.6 Å². The minimum atomic E-state index is -2.38. The van der Waals surface area contributed by atoms with E-state index in [1.165, 1.54) is 0 Å². The van der Waals surface area contributed by atoms with Crippen LogP contribution in [0.5, 0.6) is 0 Å². The fourth-order valence-corrected chi connectivity index (χ4v) is 2.66. The summed E-state index contributed by atoms with van der Waals surface area (Å²) >= 11 is 0.614. The van der Waals surface area contributed by atoms with Crippen molar-refractivity contribution < 1.29 is 8.78 Å². The molecule has 5 heteroatoms. The Kier molecular flexibility index (Phi) is 4.24. The van der Waals surface area contributed by atoms with Gasteiger partial charge in [-0.2, -0.15) is 8.78 Å². The molecular formula is C13H16F2N2S. The van der Waals surface area contributed by atoms with Crippen molar-refractivity contribution in [3.05, 3.63) is 30.0 Å². The van der Waals surface area contributed by atoms with Gasteiger partial charge in [-0.15, -0.1) is 0 Å². The lowest BCUT2D eigenvalue weighted by atomic mass is 10.1. The lowest BCUT2D eigenvalue weighted by molar-refractivity contribution is 0.252. The number of aromatic nitrogens is 1. The fraction of sp³-hybridized carbons (Fsp3) is 0.385. The summed E-state index contributed by atoms with van der Waals surface area (Å²) in [4.78, 5) is 5.88. The number of fused-ring (bicyclic) bond motifs is 1. The van der Waals surface area contributed by atoms with Gasteiger partial charge in [0.15, 0.2) is 0 Å². The Bertz CT molecular complexity index is 523. The molecule has 1 heterocycles. The van der Waals surface area contributed by atoms with Crippen LogP contribution in [0.4, 0.5) is 8.78 Å². The summed E-state index contributed by atoms with van der Waals surface area (Å²) in [5, 5.41) is 0.935. The van der Waals surface area contributed by atoms with Crippen molar-refractivity contribution in [3.63, 3.8) is 0 Å². The number of rotatable bonds is 5. The highest BCUT2D eigenvalue weighted by Crippen LogP contribution is 2.34. The lowest BCUT2D eigenvalue weighted by Crippen LogP contribution is -2.14. The maximum absolute atomic E-state index is 12.5. The monoisotopic (exact) mass is 270 g/mol. The average molecular weight is 270 g/mol. The number of H-pyrrole nitrogens is 1. The van der Waals surface area contributed by atoms with E-state index in [4.69, 9.17) is 0 Å². The van der Waals surface area contributed by atoms with E-state index in [0.717, 1.165) is 29.4 Å². The average Bonchev–Trinajstić information content (AvgIpc) is 2.70. The van der Waals surface area contributed by atoms with E-state index in [-0.39, 0.29) is 0 Å². The van der Waals surface area contributed by atoms with E-state index in [1.54, 1.807) is 12.1 Å². The first-order chi connectivity index (χ1) is 8.58. The second kappa shape index (κ2) is 5.71. The molecule has 0 aliphatic rings. The lowest BCUT2D eigenvalue weighted by Gasteiger charge is -2.09. The zero-order valence-corrected chi connectivity index (χ0v) is 11.2. The molecule has 1 aromatic carbocycles. The van der Waals surface area contributed by atoms with Gasteiger partial charge < -0.3 is 9.88 Å². The topological polar surface area (TPSA) is 19.0 Å². The number of hydrogen-bond donors (Lipinski definition) is 1. The van der Waals surface area contributed by atoms with Gasteiger partial charge in [0.05, 0.1) is 0 Å². The molecule has 0 atom stereocenters. The number of hydrogen-bond acceptors (Lipinski definition) is 2. The molecule has 1 aromatic heterocycles. The predicted octanol–water partition coefficient (Wildman–Crippen LogP) is 3.59. The zero-order valence-electron chi connectivity index (χ0n) is 10.4. The first-order valence-corrected chi connectivity index (χ1v) is 6.64. The summed E-state index contributed by atoms with van der Waals surface area (Å²) in [7, 11) is 4.01. The second-order valence-corrected chi connectivity index (χ2v) is 5.46. The van der Waals surface area contributed by atoms with Gasteiger partial charge in [-0.1, -0.05) is 17.8 Å². The summed E-state index contributed by atoms with van der Waals surface area (Å²) in [6.45, 7) is 0.903. The molecule has 2 aromatic rings. The van der Waals surface area contributed by atoms with Crippen LogP contribution in [0.1, 0.15) is 5.56 Å². The van der Waals surface area contributed by atoms with E-state index in [1.807, 2.05) is 26.4 Å². The Balaban J connectivity index is 2.35. The Hall–Kier alpha value is -1.07. The summed E-state index contributed by atoms with van der Waals surface area (Å²) < 4.78 is 25.1. The molecule has 0 amide bonds. The number of halogens is 2. The van der Waals surface area contributed by atoms with Gasteiger partial charge in [-0.3, -0.25) is 0 Å². The maximum atomic E-state index is 12.5. The Morgan fingerprint density at radius 3 is 2.78 bits per heavy atom. The van der Waals surface area contributed by atoms with E-state index in [0.29, 0.717) is 16.7 Å². The van der Waals surface area contributed by atoms with Gasteiger partial charge in [0, 0.05) is 28.5 Å². The van der Waals surface area contributed by atoms with E-state index < -0.39 is 5.76 Å². The standard InChI is InChI=1S/C13H16F2N2S/c1-17(2)7-6-9-8-16-10-4-3-5-11(12(9)10)18-13(14)15/h3-5,8,13,16H,6-7H2,1-2H3. The first kappa shape index (κ1) is 13.4. The highest BCUT2D eigenvalue weighted by molar-refractivity contribution is 7.99. The van der Waals surface area contributed by atoms with E-state index >= 15 is 0 Å². The van der Waals surface area contributed by atoms with Crippen LogP contribution >= 0.6 is 11.8 Å². The SMILES string of the molecule is CN(C)CCc1c[nH]c2cccc(SC(F)F)c12. The van der Waals surface area contributed by atoms with Gasteiger partial charge in [-0.25, -0.2) is 0 Å². The van der Waals surface area contributed by atoms with Crippen molar-refractivity contribution in [1.29, 1.82) is 0 Å². The van der Waals surface area contributed by atoms with Gasteiger partial charge in [0.1, 0.15) is 0 Å². The van der Waals surface area contributed by atoms with Gasteiger partial charge >= 0.3 is 0 Å². The van der Waals surface area contributed by atoms with Gasteiger partial charge in [0.2, 0.25) is 0 Å². The van der Waals surface area contributed by atoms with Crippen LogP contribution in [0.2, 0.25) is 0 Å². The molecule has 0 bridgehead atoms. The summed E-state index contributed by atoms with van der Waals surface area (Å²) in [5.41, 5.74) is 2.02. The van der Waals surface area contributed by atoms with E-state index in [2.05, 4.69) is 9.88 Å². The number of aromatic amines is 1. The zero-order chi connectivity index (χ0) is 13.1. The minimum absolute atomic E-state index is 0.614. The number of thioether (sulfide) groups is 1. The number of likely N-dealkylation sites (N-methyl/N-ethyl adjacent to an activating group) is 1. The molecule has 0 saturated carbocycles. The molecule has 0 saturated heterocycles. The van der Waals surface area contributed by atoms with Gasteiger partial charge in [-0.05, 0) is 38.2 Å². The Morgan fingerprint density at radius 1 is 1.33 bits per heavy atom. The normalized spacial score (nSPS) is 11.9. The third-order valence-electron chi connectivity index (χ3n) is 2.79. The van der Waals surface area contributed by atoms with Crippen molar-refractivity contribution in [3.8, 4) is 0 Å². The van der Waals surface area contributed by atoms with Crippen LogP contribution in [0.25, 0.3) is 10.9 Å². The van der Waals surface area contributed by atoms with Crippen molar-refractivity contribution in [1.82, 2.24) is 9.88 Å². The van der Waals surface area contributed by atoms with Crippen LogP contribution in [-0.2, 0) is 6.42 Å². The molecule has 2 rings (SSSR count). The van der Waals surface area contributed by atoms with Crippen molar-refractivity contribution in [2.45, 2.75) is 17.1 Å². The highest BCUT2D eigenvalue weighted by atomic mass is 32.2. The highest BCUT2D eigenvalue weighted by Gasteiger charge is 2.13. The third-order valence-corrected chi connectivity index (χ3v) is 3.57. The summed E-state index contributed by atoms with van der Waals surface area (Å²) in [6, 6.07) is 5.48. The number of nitrogens with one attached hydrogen (secondary N) is 1. The smallest absolute Gasteiger partial charge is 0.288 e. The molecule has 2 nitrogen and oxygen atoms in total. The molecule has 18 heavy (non-hydrogen) atoms. The van der Waals surface area contributed by atoms with Crippen molar-refractivity contribution in [2.24, 2.45) is 0 Å². The predicted molar refractivity (Wildman–Crippen MR) is 72.4 cm³/mol. The molecule has 0 aliphatic heterocycles. The van der Waals surface area contributed by atoms with Crippen LogP contribution in [0.15, 0.2) is 29.3 Å². The minimum Gasteiger partial charge on any atom is -0.361 e. The summed E-state index contributed by atoms with van der Waals surface area (Å²) in [5.74, 6) is -2.38. The molecule has 1 N–H and O–H groups in total. The van der Waals surface area contributed by atoms with Crippen LogP contribution in [0.3, 0.4) is 0 Å². The molecule has 0 aliphatic carbocycles. The van der Waals surface area contributed by atoms with Crippen LogP contribution in [0, 0.1) is 0 Å². The number of benzene rings is 1. The molecule has 0 unspecified atom stereocenters.